The Morgan fingerprint density at radius 1 is 1.33 bits per heavy atom. The van der Waals surface area contributed by atoms with Crippen LogP contribution in [0.1, 0.15) is 5.82 Å². The topological polar surface area (TPSA) is 81.6 Å². The standard InChI is InChI=1S/C8H6F3IN6/c9-8(10,11)7-15-5(17-13)1-6(16-7)18-3-4(12)2-14-18/h1-3H,13H2,(H,15,16,17). The molecule has 0 radical (unpaired) electrons. The fourth-order valence-electron chi connectivity index (χ4n) is 1.18. The van der Waals surface area contributed by atoms with E-state index in [1.165, 1.54) is 23.1 Å². The third kappa shape index (κ3) is 2.69. The van der Waals surface area contributed by atoms with Gasteiger partial charge in [-0.05, 0) is 22.6 Å². The number of hydrogen-bond acceptors (Lipinski definition) is 5. The first kappa shape index (κ1) is 13.0. The molecule has 0 aliphatic carbocycles. The van der Waals surface area contributed by atoms with Crippen LogP contribution in [0.2, 0.25) is 0 Å². The van der Waals surface area contributed by atoms with Crippen LogP contribution in [-0.4, -0.2) is 19.7 Å². The van der Waals surface area contributed by atoms with Crippen molar-refractivity contribution in [3.8, 4) is 5.82 Å². The number of nitrogens with one attached hydrogen (secondary N) is 1. The summed E-state index contributed by atoms with van der Waals surface area (Å²) >= 11 is 1.98. The predicted octanol–water partition coefficient (Wildman–Crippen LogP) is 1.57. The van der Waals surface area contributed by atoms with Crippen molar-refractivity contribution in [2.75, 3.05) is 5.43 Å². The molecular formula is C8H6F3IN6. The van der Waals surface area contributed by atoms with Crippen LogP contribution in [-0.2, 0) is 6.18 Å². The number of aromatic nitrogens is 4. The Bertz CT molecular complexity index is 566. The SMILES string of the molecule is NNc1cc(-n2cc(I)cn2)nc(C(F)(F)F)n1. The predicted molar refractivity (Wildman–Crippen MR) is 64.7 cm³/mol. The van der Waals surface area contributed by atoms with Gasteiger partial charge in [0.2, 0.25) is 5.82 Å². The molecule has 2 aromatic rings. The third-order valence-corrected chi connectivity index (χ3v) is 2.46. The molecule has 0 aromatic carbocycles. The lowest BCUT2D eigenvalue weighted by Crippen LogP contribution is -2.17. The summed E-state index contributed by atoms with van der Waals surface area (Å²) in [7, 11) is 0. The number of hydrazine groups is 1. The summed E-state index contributed by atoms with van der Waals surface area (Å²) in [6, 6.07) is 1.26. The number of nitrogen functional groups attached to an aromatic ring is 1. The van der Waals surface area contributed by atoms with Gasteiger partial charge in [0, 0.05) is 12.3 Å². The maximum Gasteiger partial charge on any atom is 0.451 e. The summed E-state index contributed by atoms with van der Waals surface area (Å²) in [6.45, 7) is 0. The number of hydrogen-bond donors (Lipinski definition) is 2. The van der Waals surface area contributed by atoms with Crippen molar-refractivity contribution < 1.29 is 13.2 Å². The van der Waals surface area contributed by atoms with E-state index in [9.17, 15) is 13.2 Å². The molecule has 10 heteroatoms. The molecule has 0 amide bonds. The summed E-state index contributed by atoms with van der Waals surface area (Å²) in [5.41, 5.74) is 2.06. The minimum absolute atomic E-state index is 0.0202. The number of nitrogens with zero attached hydrogens (tertiary/aromatic N) is 4. The van der Waals surface area contributed by atoms with E-state index in [0.717, 1.165) is 3.57 Å². The molecule has 0 bridgehead atoms. The lowest BCUT2D eigenvalue weighted by Gasteiger charge is -2.09. The number of rotatable bonds is 2. The Balaban J connectivity index is 2.54. The molecule has 96 valence electrons. The molecule has 3 N–H and O–H groups in total. The Kier molecular flexibility index (Phi) is 3.38. The second-order valence-corrected chi connectivity index (χ2v) is 4.43. The van der Waals surface area contributed by atoms with Crippen molar-refractivity contribution in [3.05, 3.63) is 27.9 Å². The second-order valence-electron chi connectivity index (χ2n) is 3.18. The van der Waals surface area contributed by atoms with E-state index in [1.54, 1.807) is 0 Å². The highest BCUT2D eigenvalue weighted by Gasteiger charge is 2.35. The fourth-order valence-corrected chi connectivity index (χ4v) is 1.57. The van der Waals surface area contributed by atoms with Gasteiger partial charge in [0.15, 0.2) is 5.82 Å². The number of nitrogens with two attached hydrogens (primary N) is 1. The van der Waals surface area contributed by atoms with E-state index in [1.807, 2.05) is 22.6 Å². The van der Waals surface area contributed by atoms with Crippen molar-refractivity contribution in [2.24, 2.45) is 5.84 Å². The van der Waals surface area contributed by atoms with Gasteiger partial charge in [0.1, 0.15) is 5.82 Å². The molecule has 0 spiro atoms. The molecule has 0 aliphatic heterocycles. The zero-order valence-corrected chi connectivity index (χ0v) is 10.8. The van der Waals surface area contributed by atoms with Crippen molar-refractivity contribution in [1.82, 2.24) is 19.7 Å². The van der Waals surface area contributed by atoms with Gasteiger partial charge in [0.25, 0.3) is 0 Å². The number of alkyl halides is 3. The van der Waals surface area contributed by atoms with Crippen LogP contribution in [0.25, 0.3) is 5.82 Å². The highest BCUT2D eigenvalue weighted by molar-refractivity contribution is 14.1. The lowest BCUT2D eigenvalue weighted by molar-refractivity contribution is -0.144. The second kappa shape index (κ2) is 4.68. The first-order chi connectivity index (χ1) is 8.40. The van der Waals surface area contributed by atoms with Crippen LogP contribution in [0.3, 0.4) is 0 Å². The van der Waals surface area contributed by atoms with Crippen molar-refractivity contribution in [3.63, 3.8) is 0 Å². The van der Waals surface area contributed by atoms with Crippen molar-refractivity contribution in [2.45, 2.75) is 6.18 Å². The molecule has 0 aliphatic rings. The van der Waals surface area contributed by atoms with Crippen LogP contribution in [0, 0.1) is 3.57 Å². The zero-order valence-electron chi connectivity index (χ0n) is 8.61. The summed E-state index contributed by atoms with van der Waals surface area (Å²) in [5.74, 6) is 3.64. The summed E-state index contributed by atoms with van der Waals surface area (Å²) in [4.78, 5) is 6.64. The smallest absolute Gasteiger partial charge is 0.308 e. The monoisotopic (exact) mass is 370 g/mol. The van der Waals surface area contributed by atoms with Gasteiger partial charge in [-0.2, -0.15) is 18.3 Å². The van der Waals surface area contributed by atoms with Gasteiger partial charge in [-0.3, -0.25) is 0 Å². The molecule has 0 saturated heterocycles. The molecule has 0 fully saturated rings. The summed E-state index contributed by atoms with van der Waals surface area (Å²) < 4.78 is 39.7. The van der Waals surface area contributed by atoms with Crippen molar-refractivity contribution in [1.29, 1.82) is 0 Å². The molecule has 2 rings (SSSR count). The Hall–Kier alpha value is -1.43. The van der Waals surface area contributed by atoms with Crippen LogP contribution < -0.4 is 11.3 Å². The first-order valence-corrected chi connectivity index (χ1v) is 5.61. The normalized spacial score (nSPS) is 11.6. The molecule has 18 heavy (non-hydrogen) atoms. The molecule has 2 aromatic heterocycles. The average Bonchev–Trinajstić information content (AvgIpc) is 2.74. The molecule has 6 nitrogen and oxygen atoms in total. The van der Waals surface area contributed by atoms with E-state index in [4.69, 9.17) is 5.84 Å². The minimum Gasteiger partial charge on any atom is -0.308 e. The Labute approximate surface area is 113 Å². The van der Waals surface area contributed by atoms with Crippen LogP contribution in [0.4, 0.5) is 19.0 Å². The molecule has 0 atom stereocenters. The van der Waals surface area contributed by atoms with E-state index in [-0.39, 0.29) is 11.6 Å². The van der Waals surface area contributed by atoms with Crippen molar-refractivity contribution >= 4 is 28.4 Å². The van der Waals surface area contributed by atoms with Gasteiger partial charge < -0.3 is 5.43 Å². The summed E-state index contributed by atoms with van der Waals surface area (Å²) in [5, 5.41) is 3.87. The Morgan fingerprint density at radius 3 is 2.56 bits per heavy atom. The van der Waals surface area contributed by atoms with E-state index < -0.39 is 12.0 Å². The molecule has 2 heterocycles. The van der Waals surface area contributed by atoms with Gasteiger partial charge in [-0.15, -0.1) is 0 Å². The van der Waals surface area contributed by atoms with E-state index >= 15 is 0 Å². The molecule has 0 saturated carbocycles. The Morgan fingerprint density at radius 2 is 2.06 bits per heavy atom. The van der Waals surface area contributed by atoms with Crippen LogP contribution >= 0.6 is 22.6 Å². The van der Waals surface area contributed by atoms with Gasteiger partial charge in [-0.25, -0.2) is 20.5 Å². The maximum absolute atomic E-state index is 12.6. The lowest BCUT2D eigenvalue weighted by atomic mass is 10.4. The maximum atomic E-state index is 12.6. The highest BCUT2D eigenvalue weighted by atomic mass is 127. The first-order valence-electron chi connectivity index (χ1n) is 4.53. The average molecular weight is 370 g/mol. The molecule has 0 unspecified atom stereocenters. The van der Waals surface area contributed by atoms with E-state index in [2.05, 4.69) is 20.5 Å². The van der Waals surface area contributed by atoms with Crippen LogP contribution in [0.15, 0.2) is 18.5 Å². The van der Waals surface area contributed by atoms with Gasteiger partial charge in [-0.1, -0.05) is 0 Å². The summed E-state index contributed by atoms with van der Waals surface area (Å²) in [6.07, 6.45) is -1.63. The largest absolute Gasteiger partial charge is 0.451 e. The number of anilines is 1. The third-order valence-electron chi connectivity index (χ3n) is 1.90. The van der Waals surface area contributed by atoms with Crippen LogP contribution in [0.5, 0.6) is 0 Å². The fraction of sp³-hybridized carbons (Fsp3) is 0.125. The van der Waals surface area contributed by atoms with E-state index in [0.29, 0.717) is 0 Å². The van der Waals surface area contributed by atoms with Gasteiger partial charge in [0.05, 0.1) is 9.77 Å². The molecular weight excluding hydrogens is 364 g/mol. The minimum atomic E-state index is -4.65. The highest BCUT2D eigenvalue weighted by Crippen LogP contribution is 2.27. The number of halogens is 4. The zero-order chi connectivity index (χ0) is 13.3. The quantitative estimate of drug-likeness (QED) is 0.477. The van der Waals surface area contributed by atoms with Gasteiger partial charge >= 0.3 is 6.18 Å².